The fourth-order valence-electron chi connectivity index (χ4n) is 1.54. The third kappa shape index (κ3) is 3.76. The maximum atomic E-state index is 13.4. The van der Waals surface area contributed by atoms with E-state index in [1.807, 2.05) is 0 Å². The summed E-state index contributed by atoms with van der Waals surface area (Å²) in [6.45, 7) is 2.01. The molecule has 0 aliphatic carbocycles. The largest absolute Gasteiger partial charge is 0.405 e. The van der Waals surface area contributed by atoms with Gasteiger partial charge in [-0.15, -0.1) is 0 Å². The van der Waals surface area contributed by atoms with E-state index in [0.717, 1.165) is 11.0 Å². The van der Waals surface area contributed by atoms with E-state index in [2.05, 4.69) is 15.9 Å². The van der Waals surface area contributed by atoms with Gasteiger partial charge in [0.05, 0.1) is 15.8 Å². The van der Waals surface area contributed by atoms with Gasteiger partial charge in [-0.3, -0.25) is 0 Å². The molecule has 0 aliphatic rings. The summed E-state index contributed by atoms with van der Waals surface area (Å²) >= 11 is 2.93. The minimum absolute atomic E-state index is 0.0445. The van der Waals surface area contributed by atoms with E-state index in [9.17, 15) is 17.6 Å². The van der Waals surface area contributed by atoms with E-state index in [4.69, 9.17) is 5.73 Å². The molecule has 0 saturated carbocycles. The Balaban J connectivity index is 3.18. The molecule has 0 spiro atoms. The Morgan fingerprint density at radius 2 is 1.89 bits per heavy atom. The highest BCUT2D eigenvalue weighted by Gasteiger charge is 2.33. The third-order valence-corrected chi connectivity index (χ3v) is 2.96. The molecule has 0 fully saturated rings. The van der Waals surface area contributed by atoms with E-state index >= 15 is 0 Å². The zero-order valence-electron chi connectivity index (χ0n) is 9.85. The number of nitrogen functional groups attached to an aromatic ring is 1. The molecule has 0 unspecified atom stereocenters. The first-order chi connectivity index (χ1) is 8.11. The molecule has 1 rings (SSSR count). The van der Waals surface area contributed by atoms with Crippen molar-refractivity contribution in [3.63, 3.8) is 0 Å². The first kappa shape index (κ1) is 15.1. The Kier molecular flexibility index (Phi) is 4.47. The first-order valence-corrected chi connectivity index (χ1v) is 5.99. The summed E-state index contributed by atoms with van der Waals surface area (Å²) in [6.07, 6.45) is -4.37. The van der Waals surface area contributed by atoms with Gasteiger partial charge in [0.25, 0.3) is 0 Å². The van der Waals surface area contributed by atoms with Gasteiger partial charge in [-0.1, -0.05) is 0 Å². The number of rotatable bonds is 3. The molecular weight excluding hydrogens is 316 g/mol. The van der Waals surface area contributed by atoms with Gasteiger partial charge in [-0.2, -0.15) is 13.2 Å². The quantitative estimate of drug-likeness (QED) is 0.672. The van der Waals surface area contributed by atoms with E-state index in [0.29, 0.717) is 0 Å². The number of benzene rings is 1. The predicted molar refractivity (Wildman–Crippen MR) is 67.0 cm³/mol. The van der Waals surface area contributed by atoms with Gasteiger partial charge in [-0.25, -0.2) is 4.39 Å². The number of alkyl halides is 3. The number of nitrogens with two attached hydrogens (primary N) is 1. The molecule has 0 atom stereocenters. The second-order valence-corrected chi connectivity index (χ2v) is 5.02. The molecule has 102 valence electrons. The summed E-state index contributed by atoms with van der Waals surface area (Å²) < 4.78 is 51.0. The Morgan fingerprint density at radius 3 is 2.33 bits per heavy atom. The van der Waals surface area contributed by atoms with Crippen molar-refractivity contribution in [2.24, 2.45) is 0 Å². The zero-order valence-corrected chi connectivity index (χ0v) is 11.4. The molecule has 1 aromatic carbocycles. The van der Waals surface area contributed by atoms with Gasteiger partial charge in [-0.05, 0) is 35.8 Å². The average Bonchev–Trinajstić information content (AvgIpc) is 2.19. The van der Waals surface area contributed by atoms with Gasteiger partial charge in [0.15, 0.2) is 0 Å². The summed E-state index contributed by atoms with van der Waals surface area (Å²) in [5, 5.41) is 0. The average molecular weight is 329 g/mol. The molecule has 0 aliphatic heterocycles. The Hall–Kier alpha value is -0.980. The Bertz CT molecular complexity index is 432. The van der Waals surface area contributed by atoms with Crippen molar-refractivity contribution in [1.29, 1.82) is 0 Å². The van der Waals surface area contributed by atoms with Crippen LogP contribution in [0.4, 0.5) is 28.9 Å². The molecule has 1 aromatic rings. The van der Waals surface area contributed by atoms with Gasteiger partial charge < -0.3 is 10.6 Å². The maximum absolute atomic E-state index is 13.4. The topological polar surface area (TPSA) is 29.3 Å². The smallest absolute Gasteiger partial charge is 0.397 e. The Labute approximate surface area is 111 Å². The molecule has 7 heteroatoms. The molecule has 0 aromatic heterocycles. The predicted octanol–water partition coefficient (Wildman–Crippen LogP) is 3.95. The SMILES string of the molecule is CC(C)N(CC(F)(F)F)c1cc(F)c(Br)cc1N. The fraction of sp³-hybridized carbons (Fsp3) is 0.455. The van der Waals surface area contributed by atoms with Crippen LogP contribution in [-0.2, 0) is 0 Å². The lowest BCUT2D eigenvalue weighted by molar-refractivity contribution is -0.120. The fourth-order valence-corrected chi connectivity index (χ4v) is 1.90. The highest BCUT2D eigenvalue weighted by Crippen LogP contribution is 2.32. The number of nitrogens with zero attached hydrogens (tertiary/aromatic N) is 1. The van der Waals surface area contributed by atoms with Crippen LogP contribution in [0.5, 0.6) is 0 Å². The molecule has 0 saturated heterocycles. The first-order valence-electron chi connectivity index (χ1n) is 5.19. The van der Waals surface area contributed by atoms with Crippen LogP contribution >= 0.6 is 15.9 Å². The van der Waals surface area contributed by atoms with Gasteiger partial charge >= 0.3 is 6.18 Å². The van der Waals surface area contributed by atoms with Crippen LogP contribution in [0.1, 0.15) is 13.8 Å². The summed E-state index contributed by atoms with van der Waals surface area (Å²) in [5.41, 5.74) is 5.78. The van der Waals surface area contributed by atoms with Crippen LogP contribution in [0, 0.1) is 5.82 Å². The molecule has 18 heavy (non-hydrogen) atoms. The lowest BCUT2D eigenvalue weighted by Crippen LogP contribution is -2.39. The maximum Gasteiger partial charge on any atom is 0.405 e. The van der Waals surface area contributed by atoms with Gasteiger partial charge in [0.2, 0.25) is 0 Å². The van der Waals surface area contributed by atoms with Gasteiger partial charge in [0.1, 0.15) is 12.4 Å². The van der Waals surface area contributed by atoms with Crippen molar-refractivity contribution in [2.45, 2.75) is 26.1 Å². The number of hydrogen-bond acceptors (Lipinski definition) is 2. The second-order valence-electron chi connectivity index (χ2n) is 4.16. The normalized spacial score (nSPS) is 12.0. The molecule has 0 radical (unpaired) electrons. The van der Waals surface area contributed by atoms with Crippen molar-refractivity contribution < 1.29 is 17.6 Å². The van der Waals surface area contributed by atoms with Crippen LogP contribution in [-0.4, -0.2) is 18.8 Å². The van der Waals surface area contributed by atoms with Gasteiger partial charge in [0, 0.05) is 12.1 Å². The molecule has 0 bridgehead atoms. The van der Waals surface area contributed by atoms with E-state index < -0.39 is 24.6 Å². The molecule has 2 N–H and O–H groups in total. The third-order valence-electron chi connectivity index (χ3n) is 2.35. The lowest BCUT2D eigenvalue weighted by Gasteiger charge is -2.31. The van der Waals surface area contributed by atoms with Crippen LogP contribution in [0.3, 0.4) is 0 Å². The van der Waals surface area contributed by atoms with Crippen LogP contribution in [0.15, 0.2) is 16.6 Å². The highest BCUT2D eigenvalue weighted by atomic mass is 79.9. The Morgan fingerprint density at radius 1 is 1.33 bits per heavy atom. The minimum atomic E-state index is -4.37. The molecular formula is C11H13BrF4N2. The lowest BCUT2D eigenvalue weighted by atomic mass is 10.2. The highest BCUT2D eigenvalue weighted by molar-refractivity contribution is 9.10. The number of halogens is 5. The van der Waals surface area contributed by atoms with Crippen molar-refractivity contribution in [3.8, 4) is 0 Å². The van der Waals surface area contributed by atoms with Crippen molar-refractivity contribution in [2.75, 3.05) is 17.2 Å². The summed E-state index contributed by atoms with van der Waals surface area (Å²) in [5.74, 6) is -0.646. The second kappa shape index (κ2) is 5.34. The zero-order chi connectivity index (χ0) is 14.1. The number of hydrogen-bond donors (Lipinski definition) is 1. The number of anilines is 2. The summed E-state index contributed by atoms with van der Waals surface area (Å²) in [7, 11) is 0. The standard InChI is InChI=1S/C11H13BrF4N2/c1-6(2)18(5-11(14,15)16)10-4-8(13)7(12)3-9(10)17/h3-4,6H,5,17H2,1-2H3. The minimum Gasteiger partial charge on any atom is -0.397 e. The van der Waals surface area contributed by atoms with Crippen LogP contribution in [0.25, 0.3) is 0 Å². The van der Waals surface area contributed by atoms with Crippen molar-refractivity contribution in [3.05, 3.63) is 22.4 Å². The van der Waals surface area contributed by atoms with Crippen LogP contribution in [0.2, 0.25) is 0 Å². The van der Waals surface area contributed by atoms with E-state index in [1.165, 1.54) is 6.07 Å². The van der Waals surface area contributed by atoms with Crippen LogP contribution < -0.4 is 10.6 Å². The van der Waals surface area contributed by atoms with E-state index in [-0.39, 0.29) is 15.8 Å². The molecule has 0 heterocycles. The summed E-state index contributed by atoms with van der Waals surface area (Å²) in [4.78, 5) is 1.02. The monoisotopic (exact) mass is 328 g/mol. The summed E-state index contributed by atoms with van der Waals surface area (Å²) in [6, 6.07) is 1.82. The van der Waals surface area contributed by atoms with Crippen molar-refractivity contribution >= 4 is 27.3 Å². The van der Waals surface area contributed by atoms with E-state index in [1.54, 1.807) is 13.8 Å². The molecule has 0 amide bonds. The molecule has 2 nitrogen and oxygen atoms in total. The van der Waals surface area contributed by atoms with Crippen molar-refractivity contribution in [1.82, 2.24) is 0 Å².